The van der Waals surface area contributed by atoms with Crippen LogP contribution in [0.1, 0.15) is 41.5 Å². The van der Waals surface area contributed by atoms with Gasteiger partial charge in [0.15, 0.2) is 17.7 Å². The summed E-state index contributed by atoms with van der Waals surface area (Å²) in [5, 5.41) is 25.1. The normalized spacial score (nSPS) is 13.7. The van der Waals surface area contributed by atoms with Crippen LogP contribution in [-0.4, -0.2) is 49.9 Å². The number of Topliss-reactive ketones (excluding diaryl/α,β-unsaturated/α-hetero) is 2. The monoisotopic (exact) mass is 601 g/mol. The smallest absolute Gasteiger partial charge is 0.333 e. The van der Waals surface area contributed by atoms with E-state index in [1.807, 2.05) is 30.3 Å². The number of aromatic nitrogens is 1. The number of carboxylic acids is 2. The Bertz CT molecular complexity index is 1700. The fourth-order valence-electron chi connectivity index (χ4n) is 4.67. The van der Waals surface area contributed by atoms with Crippen molar-refractivity contribution in [3.05, 3.63) is 101 Å². The van der Waals surface area contributed by atoms with Crippen molar-refractivity contribution in [3.63, 3.8) is 0 Å². The number of aryl methyl sites for hydroxylation is 2. The lowest BCUT2D eigenvalue weighted by Gasteiger charge is -2.14. The lowest BCUT2D eigenvalue weighted by atomic mass is 9.88. The maximum Gasteiger partial charge on any atom is 0.333 e. The molecule has 1 heterocycles. The molecule has 1 saturated carbocycles. The fourth-order valence-corrected chi connectivity index (χ4v) is 4.67. The van der Waals surface area contributed by atoms with E-state index in [1.54, 1.807) is 18.3 Å². The maximum atomic E-state index is 13.1. The first kappa shape index (κ1) is 32.0. The molecule has 1 atom stereocenters. The van der Waals surface area contributed by atoms with Crippen LogP contribution in [0.15, 0.2) is 72.9 Å². The largest absolute Gasteiger partial charge is 0.481 e. The molecule has 10 heteroatoms. The molecular formula is C34H32FNO8. The standard InChI is InChI=1S/C30H26FNO3.C4H6O5/c1-19-15-25-26(16-20(19)2)32-14-11-27(25)35-24-9-5-22(6-10-24)18-29(34)30(12-13-30)28(33)17-21-3-7-23(31)8-4-21;5-2(4(8)9)1-3(6)7/h3-11,14-16H,12-13,17-18H2,1-2H3;2,5H,1H2,(H,6,7)(H,8,9)/t;2-/m.0/s1. The second kappa shape index (κ2) is 13.6. The minimum atomic E-state index is -1.79. The van der Waals surface area contributed by atoms with E-state index in [0.29, 0.717) is 18.6 Å². The summed E-state index contributed by atoms with van der Waals surface area (Å²) in [6.45, 7) is 4.13. The van der Waals surface area contributed by atoms with Gasteiger partial charge in [0.05, 0.1) is 17.4 Å². The van der Waals surface area contributed by atoms with E-state index in [4.69, 9.17) is 20.1 Å². The van der Waals surface area contributed by atoms with E-state index in [9.17, 15) is 23.6 Å². The summed E-state index contributed by atoms with van der Waals surface area (Å²) < 4.78 is 19.3. The zero-order chi connectivity index (χ0) is 32.0. The summed E-state index contributed by atoms with van der Waals surface area (Å²) in [5.74, 6) is -1.92. The van der Waals surface area contributed by atoms with Crippen molar-refractivity contribution in [2.24, 2.45) is 5.41 Å². The lowest BCUT2D eigenvalue weighted by molar-refractivity contribution is -0.152. The number of hydrogen-bond donors (Lipinski definition) is 3. The predicted molar refractivity (Wildman–Crippen MR) is 159 cm³/mol. The van der Waals surface area contributed by atoms with Crippen molar-refractivity contribution >= 4 is 34.4 Å². The van der Waals surface area contributed by atoms with Crippen LogP contribution in [0.4, 0.5) is 4.39 Å². The molecule has 0 spiro atoms. The van der Waals surface area contributed by atoms with Gasteiger partial charge in [-0.3, -0.25) is 19.4 Å². The number of hydrogen-bond acceptors (Lipinski definition) is 7. The molecule has 3 aromatic carbocycles. The molecular weight excluding hydrogens is 569 g/mol. The number of aliphatic carboxylic acids is 2. The first-order valence-corrected chi connectivity index (χ1v) is 13.9. The van der Waals surface area contributed by atoms with Crippen molar-refractivity contribution in [3.8, 4) is 11.5 Å². The third-order valence-electron chi connectivity index (χ3n) is 7.58. The number of fused-ring (bicyclic) bond motifs is 1. The van der Waals surface area contributed by atoms with Gasteiger partial charge in [-0.25, -0.2) is 9.18 Å². The molecule has 5 rings (SSSR count). The maximum absolute atomic E-state index is 13.1. The van der Waals surface area contributed by atoms with Crippen LogP contribution >= 0.6 is 0 Å². The SMILES string of the molecule is Cc1cc2nccc(Oc3ccc(CC(=O)C4(C(=O)Cc5ccc(F)cc5)CC4)cc3)c2cc1C.O=C(O)C[C@H](O)C(=O)O. The van der Waals surface area contributed by atoms with E-state index >= 15 is 0 Å². The fraction of sp³-hybridized carbons (Fsp3) is 0.265. The van der Waals surface area contributed by atoms with Gasteiger partial charge in [0, 0.05) is 24.4 Å². The zero-order valence-electron chi connectivity index (χ0n) is 24.2. The van der Waals surface area contributed by atoms with Crippen LogP contribution in [0.2, 0.25) is 0 Å². The Morgan fingerprint density at radius 3 is 1.91 bits per heavy atom. The highest BCUT2D eigenvalue weighted by atomic mass is 19.1. The summed E-state index contributed by atoms with van der Waals surface area (Å²) in [6.07, 6.45) is 0.709. The third kappa shape index (κ3) is 7.90. The number of benzene rings is 3. The van der Waals surface area contributed by atoms with E-state index in [2.05, 4.69) is 31.0 Å². The Kier molecular flexibility index (Phi) is 9.85. The number of carboxylic acid groups (broad SMARTS) is 2. The highest BCUT2D eigenvalue weighted by Gasteiger charge is 2.54. The highest BCUT2D eigenvalue weighted by Crippen LogP contribution is 2.48. The highest BCUT2D eigenvalue weighted by molar-refractivity contribution is 6.11. The molecule has 228 valence electrons. The molecule has 1 fully saturated rings. The minimum absolute atomic E-state index is 0.0516. The summed E-state index contributed by atoms with van der Waals surface area (Å²) in [4.78, 5) is 49.8. The van der Waals surface area contributed by atoms with Gasteiger partial charge in [-0.05, 0) is 91.4 Å². The second-order valence-corrected chi connectivity index (χ2v) is 10.9. The van der Waals surface area contributed by atoms with E-state index < -0.39 is 29.9 Å². The number of aliphatic hydroxyl groups excluding tert-OH is 1. The molecule has 3 N–H and O–H groups in total. The van der Waals surface area contributed by atoms with E-state index in [1.165, 1.54) is 23.3 Å². The zero-order valence-corrected chi connectivity index (χ0v) is 24.2. The van der Waals surface area contributed by atoms with Gasteiger partial charge < -0.3 is 20.1 Å². The summed E-state index contributed by atoms with van der Waals surface area (Å²) in [7, 11) is 0. The molecule has 0 saturated heterocycles. The number of rotatable bonds is 11. The first-order valence-electron chi connectivity index (χ1n) is 13.9. The van der Waals surface area contributed by atoms with Gasteiger partial charge in [-0.2, -0.15) is 0 Å². The van der Waals surface area contributed by atoms with Gasteiger partial charge in [-0.15, -0.1) is 0 Å². The number of carbonyl (C=O) groups excluding carboxylic acids is 2. The number of carbonyl (C=O) groups is 4. The average Bonchev–Trinajstić information content (AvgIpc) is 3.79. The first-order chi connectivity index (χ1) is 20.9. The van der Waals surface area contributed by atoms with Gasteiger partial charge in [0.1, 0.15) is 17.3 Å². The van der Waals surface area contributed by atoms with Crippen molar-refractivity contribution in [1.29, 1.82) is 0 Å². The Labute approximate surface area is 252 Å². The Morgan fingerprint density at radius 1 is 0.864 bits per heavy atom. The average molecular weight is 602 g/mol. The molecule has 0 aliphatic heterocycles. The number of pyridine rings is 1. The van der Waals surface area contributed by atoms with Crippen LogP contribution < -0.4 is 4.74 Å². The molecule has 9 nitrogen and oxygen atoms in total. The molecule has 0 radical (unpaired) electrons. The van der Waals surface area contributed by atoms with E-state index in [-0.39, 0.29) is 30.2 Å². The number of nitrogens with zero attached hydrogens (tertiary/aromatic N) is 1. The topological polar surface area (TPSA) is 151 Å². The van der Waals surface area contributed by atoms with Gasteiger partial charge >= 0.3 is 11.9 Å². The van der Waals surface area contributed by atoms with Crippen LogP contribution in [-0.2, 0) is 32.0 Å². The van der Waals surface area contributed by atoms with Crippen LogP contribution in [0, 0.1) is 25.1 Å². The minimum Gasteiger partial charge on any atom is -0.481 e. The van der Waals surface area contributed by atoms with Crippen LogP contribution in [0.5, 0.6) is 11.5 Å². The third-order valence-corrected chi connectivity index (χ3v) is 7.58. The molecule has 44 heavy (non-hydrogen) atoms. The van der Waals surface area contributed by atoms with Crippen LogP contribution in [0.25, 0.3) is 10.9 Å². The molecule has 0 bridgehead atoms. The molecule has 1 aliphatic rings. The van der Waals surface area contributed by atoms with Crippen LogP contribution in [0.3, 0.4) is 0 Å². The van der Waals surface area contributed by atoms with Crippen molar-refractivity contribution in [2.75, 3.05) is 0 Å². The second-order valence-electron chi connectivity index (χ2n) is 10.9. The van der Waals surface area contributed by atoms with Gasteiger partial charge in [-0.1, -0.05) is 24.3 Å². The quantitative estimate of drug-likeness (QED) is 0.192. The van der Waals surface area contributed by atoms with Gasteiger partial charge in [0.25, 0.3) is 0 Å². The van der Waals surface area contributed by atoms with Gasteiger partial charge in [0.2, 0.25) is 0 Å². The molecule has 1 aromatic heterocycles. The van der Waals surface area contributed by atoms with Crippen molar-refractivity contribution < 1.29 is 43.6 Å². The molecule has 4 aromatic rings. The summed E-state index contributed by atoms with van der Waals surface area (Å²) in [6, 6.07) is 19.3. The molecule has 0 unspecified atom stereocenters. The number of halogens is 1. The Hall–Kier alpha value is -4.96. The molecule has 1 aliphatic carbocycles. The molecule has 0 amide bonds. The Balaban J connectivity index is 0.000000429. The summed E-state index contributed by atoms with van der Waals surface area (Å²) in [5.41, 5.74) is 3.91. The number of ketones is 2. The number of aliphatic hydroxyl groups is 1. The number of ether oxygens (including phenoxy) is 1. The Morgan fingerprint density at radius 2 is 1.41 bits per heavy atom. The van der Waals surface area contributed by atoms with E-state index in [0.717, 1.165) is 27.8 Å². The lowest BCUT2D eigenvalue weighted by Crippen LogP contribution is -2.28. The predicted octanol–water partition coefficient (Wildman–Crippen LogP) is 5.39. The van der Waals surface area contributed by atoms with Crippen molar-refractivity contribution in [1.82, 2.24) is 4.98 Å². The van der Waals surface area contributed by atoms with Crippen molar-refractivity contribution in [2.45, 2.75) is 52.1 Å². The summed E-state index contributed by atoms with van der Waals surface area (Å²) >= 11 is 0.